The first-order chi connectivity index (χ1) is 8.61. The van der Waals surface area contributed by atoms with E-state index in [9.17, 15) is 4.39 Å². The molecule has 0 atom stereocenters. The van der Waals surface area contributed by atoms with Crippen LogP contribution in [0.15, 0.2) is 33.5 Å². The number of nitrogens with one attached hydrogen (secondary N) is 2. The highest BCUT2D eigenvalue weighted by Gasteiger charge is 2.08. The summed E-state index contributed by atoms with van der Waals surface area (Å²) in [6.45, 7) is 0. The van der Waals surface area contributed by atoms with Crippen molar-refractivity contribution in [3.05, 3.63) is 39.3 Å². The van der Waals surface area contributed by atoms with Crippen molar-refractivity contribution >= 4 is 49.2 Å². The fourth-order valence-electron chi connectivity index (χ4n) is 1.27. The first-order valence-corrected chi connectivity index (χ1v) is 6.39. The Kier molecular flexibility index (Phi) is 4.10. The van der Waals surface area contributed by atoms with Crippen LogP contribution in [0.25, 0.3) is 0 Å². The van der Waals surface area contributed by atoms with E-state index in [2.05, 4.69) is 52.6 Å². The van der Waals surface area contributed by atoms with Crippen molar-refractivity contribution in [1.82, 2.24) is 9.97 Å². The Morgan fingerprint density at radius 2 is 1.89 bits per heavy atom. The van der Waals surface area contributed by atoms with Crippen LogP contribution in [0.1, 0.15) is 0 Å². The van der Waals surface area contributed by atoms with Crippen LogP contribution in [-0.2, 0) is 0 Å². The molecule has 0 spiro atoms. The summed E-state index contributed by atoms with van der Waals surface area (Å²) >= 11 is 6.43. The largest absolute Gasteiger partial charge is 0.339 e. The van der Waals surface area contributed by atoms with Gasteiger partial charge in [-0.3, -0.25) is 0 Å². The van der Waals surface area contributed by atoms with E-state index in [1.807, 2.05) is 0 Å². The van der Waals surface area contributed by atoms with Crippen molar-refractivity contribution in [3.63, 3.8) is 0 Å². The fraction of sp³-hybridized carbons (Fsp3) is 0. The van der Waals surface area contributed by atoms with E-state index in [0.717, 1.165) is 0 Å². The monoisotopic (exact) mass is 375 g/mol. The van der Waals surface area contributed by atoms with Gasteiger partial charge in [0.05, 0.1) is 4.47 Å². The van der Waals surface area contributed by atoms with Crippen LogP contribution in [0.4, 0.5) is 21.7 Å². The zero-order valence-electron chi connectivity index (χ0n) is 8.92. The Balaban J connectivity index is 2.31. The minimum atomic E-state index is -0.327. The van der Waals surface area contributed by atoms with Crippen molar-refractivity contribution in [3.8, 4) is 0 Å². The molecule has 1 aromatic heterocycles. The van der Waals surface area contributed by atoms with Gasteiger partial charge in [-0.05, 0) is 50.1 Å². The lowest BCUT2D eigenvalue weighted by Gasteiger charge is -2.10. The molecule has 0 radical (unpaired) electrons. The molecule has 0 saturated carbocycles. The fourth-order valence-corrected chi connectivity index (χ4v) is 2.07. The van der Waals surface area contributed by atoms with Crippen molar-refractivity contribution in [2.45, 2.75) is 0 Å². The molecule has 0 aliphatic rings. The summed E-state index contributed by atoms with van der Waals surface area (Å²) in [4.78, 5) is 7.99. The third-order valence-corrected chi connectivity index (χ3v) is 3.47. The zero-order chi connectivity index (χ0) is 13.1. The SMILES string of the molecule is NNc1ncnc(Nc2ccc(F)c(Br)c2)c1Br. The Labute approximate surface area is 119 Å². The molecule has 18 heavy (non-hydrogen) atoms. The summed E-state index contributed by atoms with van der Waals surface area (Å²) in [5.41, 5.74) is 3.12. The van der Waals surface area contributed by atoms with Crippen LogP contribution < -0.4 is 16.6 Å². The van der Waals surface area contributed by atoms with E-state index in [1.54, 1.807) is 12.1 Å². The maximum Gasteiger partial charge on any atom is 0.159 e. The van der Waals surface area contributed by atoms with Crippen LogP contribution in [0.3, 0.4) is 0 Å². The topological polar surface area (TPSA) is 75.9 Å². The molecule has 0 aliphatic carbocycles. The van der Waals surface area contributed by atoms with Gasteiger partial charge in [0.2, 0.25) is 0 Å². The number of hydrogen-bond donors (Lipinski definition) is 3. The predicted molar refractivity (Wildman–Crippen MR) is 74.9 cm³/mol. The minimum absolute atomic E-state index is 0.327. The molecule has 2 aromatic rings. The van der Waals surface area contributed by atoms with Crippen LogP contribution in [0, 0.1) is 5.82 Å². The van der Waals surface area contributed by atoms with Gasteiger partial charge in [-0.25, -0.2) is 20.2 Å². The number of aromatic nitrogens is 2. The van der Waals surface area contributed by atoms with Gasteiger partial charge in [-0.2, -0.15) is 0 Å². The number of halogens is 3. The molecule has 0 saturated heterocycles. The Morgan fingerprint density at radius 1 is 1.17 bits per heavy atom. The number of rotatable bonds is 3. The van der Waals surface area contributed by atoms with Gasteiger partial charge in [-0.15, -0.1) is 0 Å². The first-order valence-electron chi connectivity index (χ1n) is 4.81. The van der Waals surface area contributed by atoms with E-state index in [0.29, 0.717) is 26.3 Å². The first kappa shape index (κ1) is 13.2. The second-order valence-corrected chi connectivity index (χ2v) is 4.93. The van der Waals surface area contributed by atoms with Gasteiger partial charge < -0.3 is 10.7 Å². The second kappa shape index (κ2) is 5.59. The number of hydrazine groups is 1. The van der Waals surface area contributed by atoms with Crippen LogP contribution >= 0.6 is 31.9 Å². The zero-order valence-corrected chi connectivity index (χ0v) is 12.1. The van der Waals surface area contributed by atoms with Crippen molar-refractivity contribution in [2.24, 2.45) is 5.84 Å². The van der Waals surface area contributed by atoms with Crippen molar-refractivity contribution < 1.29 is 4.39 Å². The normalized spacial score (nSPS) is 10.2. The number of nitrogens with zero attached hydrogens (tertiary/aromatic N) is 2. The maximum atomic E-state index is 13.1. The molecule has 0 fully saturated rings. The average molecular weight is 377 g/mol. The smallest absolute Gasteiger partial charge is 0.159 e. The highest BCUT2D eigenvalue weighted by molar-refractivity contribution is 9.11. The van der Waals surface area contributed by atoms with Crippen LogP contribution in [-0.4, -0.2) is 9.97 Å². The van der Waals surface area contributed by atoms with Gasteiger partial charge >= 0.3 is 0 Å². The van der Waals surface area contributed by atoms with Gasteiger partial charge in [0.15, 0.2) is 5.82 Å². The molecule has 0 bridgehead atoms. The van der Waals surface area contributed by atoms with Crippen molar-refractivity contribution in [1.29, 1.82) is 0 Å². The van der Waals surface area contributed by atoms with E-state index in [1.165, 1.54) is 12.4 Å². The second-order valence-electron chi connectivity index (χ2n) is 3.28. The third-order valence-electron chi connectivity index (χ3n) is 2.11. The van der Waals surface area contributed by atoms with Gasteiger partial charge in [-0.1, -0.05) is 0 Å². The molecular weight excluding hydrogens is 369 g/mol. The minimum Gasteiger partial charge on any atom is -0.339 e. The molecule has 0 amide bonds. The van der Waals surface area contributed by atoms with Crippen LogP contribution in [0.2, 0.25) is 0 Å². The molecule has 0 aliphatic heterocycles. The lowest BCUT2D eigenvalue weighted by molar-refractivity contribution is 0.621. The molecule has 5 nitrogen and oxygen atoms in total. The molecule has 1 heterocycles. The molecule has 1 aromatic carbocycles. The van der Waals surface area contributed by atoms with E-state index in [4.69, 9.17) is 5.84 Å². The Hall–Kier alpha value is -1.25. The predicted octanol–water partition coefficient (Wildman–Crippen LogP) is 3.17. The lowest BCUT2D eigenvalue weighted by Crippen LogP contribution is -2.10. The van der Waals surface area contributed by atoms with Gasteiger partial charge in [0.25, 0.3) is 0 Å². The summed E-state index contributed by atoms with van der Waals surface area (Å²) in [6, 6.07) is 4.56. The summed E-state index contributed by atoms with van der Waals surface area (Å²) in [6.07, 6.45) is 1.36. The van der Waals surface area contributed by atoms with E-state index in [-0.39, 0.29) is 5.82 Å². The van der Waals surface area contributed by atoms with E-state index < -0.39 is 0 Å². The van der Waals surface area contributed by atoms with Gasteiger partial charge in [0.1, 0.15) is 22.4 Å². The molecule has 8 heteroatoms. The highest BCUT2D eigenvalue weighted by Crippen LogP contribution is 2.29. The average Bonchev–Trinajstić information content (AvgIpc) is 2.36. The quantitative estimate of drug-likeness (QED) is 0.566. The van der Waals surface area contributed by atoms with Gasteiger partial charge in [0, 0.05) is 5.69 Å². The molecule has 94 valence electrons. The maximum absolute atomic E-state index is 13.1. The summed E-state index contributed by atoms with van der Waals surface area (Å²) < 4.78 is 14.1. The number of nitrogens with two attached hydrogens (primary N) is 1. The number of nitrogen functional groups attached to an aromatic ring is 1. The number of benzene rings is 1. The molecular formula is C10H8Br2FN5. The molecule has 0 unspecified atom stereocenters. The Bertz CT molecular complexity index is 578. The standard InChI is InChI=1S/C10H8Br2FN5/c11-6-3-5(1-2-7(6)13)17-9-8(12)10(18-14)16-4-15-9/h1-4H,14H2,(H2,15,16,17,18). The lowest BCUT2D eigenvalue weighted by atomic mass is 10.3. The number of anilines is 3. The van der Waals surface area contributed by atoms with Crippen molar-refractivity contribution in [2.75, 3.05) is 10.7 Å². The summed E-state index contributed by atoms with van der Waals surface area (Å²) in [5, 5.41) is 3.02. The Morgan fingerprint density at radius 3 is 2.56 bits per heavy atom. The highest BCUT2D eigenvalue weighted by atomic mass is 79.9. The van der Waals surface area contributed by atoms with Crippen LogP contribution in [0.5, 0.6) is 0 Å². The summed E-state index contributed by atoms with van der Waals surface area (Å²) in [5.74, 6) is 5.95. The number of hydrogen-bond acceptors (Lipinski definition) is 5. The molecule has 2 rings (SSSR count). The summed E-state index contributed by atoms with van der Waals surface area (Å²) in [7, 11) is 0. The molecule has 4 N–H and O–H groups in total. The third kappa shape index (κ3) is 2.77. The van der Waals surface area contributed by atoms with E-state index >= 15 is 0 Å².